The minimum atomic E-state index is -0.369. The lowest BCUT2D eigenvalue weighted by molar-refractivity contribution is 0.140. The molecule has 0 aliphatic carbocycles. The summed E-state index contributed by atoms with van der Waals surface area (Å²) in [7, 11) is 0. The summed E-state index contributed by atoms with van der Waals surface area (Å²) >= 11 is 10.7. The Bertz CT molecular complexity index is 461. The maximum Gasteiger partial charge on any atom is 0.141 e. The van der Waals surface area contributed by atoms with E-state index in [2.05, 4.69) is 9.80 Å². The third-order valence-corrected chi connectivity index (χ3v) is 3.65. The molecule has 1 aliphatic heterocycles. The van der Waals surface area contributed by atoms with E-state index in [4.69, 9.17) is 29.6 Å². The molecule has 0 atom stereocenters. The van der Waals surface area contributed by atoms with Crippen molar-refractivity contribution < 1.29 is 4.39 Å². The highest BCUT2D eigenvalue weighted by atomic mass is 35.5. The van der Waals surface area contributed by atoms with Gasteiger partial charge in [-0.1, -0.05) is 29.9 Å². The molecule has 0 unspecified atom stereocenters. The Morgan fingerprint density at radius 1 is 1.26 bits per heavy atom. The van der Waals surface area contributed by atoms with Crippen LogP contribution in [0.2, 0.25) is 5.02 Å². The average Bonchev–Trinajstić information content (AvgIpc) is 2.36. The van der Waals surface area contributed by atoms with Crippen LogP contribution in [0.15, 0.2) is 18.2 Å². The van der Waals surface area contributed by atoms with E-state index < -0.39 is 0 Å². The van der Waals surface area contributed by atoms with E-state index in [0.29, 0.717) is 11.5 Å². The number of rotatable bonds is 4. The van der Waals surface area contributed by atoms with Gasteiger partial charge in [0.2, 0.25) is 0 Å². The maximum atomic E-state index is 13.1. The zero-order valence-electron chi connectivity index (χ0n) is 10.6. The van der Waals surface area contributed by atoms with Gasteiger partial charge in [0.05, 0.1) is 10.0 Å². The molecule has 0 spiro atoms. The van der Waals surface area contributed by atoms with Crippen molar-refractivity contribution in [2.24, 2.45) is 5.73 Å². The van der Waals surface area contributed by atoms with Crippen molar-refractivity contribution >= 4 is 28.8 Å². The second kappa shape index (κ2) is 6.61. The Balaban J connectivity index is 1.85. The zero-order valence-corrected chi connectivity index (χ0v) is 12.2. The number of nitrogens with two attached hydrogens (primary N) is 1. The highest BCUT2D eigenvalue weighted by Gasteiger charge is 2.17. The van der Waals surface area contributed by atoms with Gasteiger partial charge in [-0.05, 0) is 17.7 Å². The number of hydrogen-bond donors (Lipinski definition) is 1. The molecule has 2 rings (SSSR count). The lowest BCUT2D eigenvalue weighted by atomic mass is 10.2. The molecule has 0 amide bonds. The smallest absolute Gasteiger partial charge is 0.141 e. The summed E-state index contributed by atoms with van der Waals surface area (Å²) in [6, 6.07) is 4.89. The molecule has 104 valence electrons. The first-order valence-corrected chi connectivity index (χ1v) is 7.00. The lowest BCUT2D eigenvalue weighted by Gasteiger charge is -2.34. The summed E-state index contributed by atoms with van der Waals surface area (Å²) in [5, 5.41) is 0.185. The Hall–Kier alpha value is -0.750. The van der Waals surface area contributed by atoms with Gasteiger partial charge in [0.15, 0.2) is 0 Å². The molecule has 2 N–H and O–H groups in total. The number of hydrogen-bond acceptors (Lipinski definition) is 3. The monoisotopic (exact) mass is 301 g/mol. The van der Waals surface area contributed by atoms with Crippen LogP contribution >= 0.6 is 23.8 Å². The molecular weight excluding hydrogens is 285 g/mol. The van der Waals surface area contributed by atoms with Crippen molar-refractivity contribution in [3.8, 4) is 0 Å². The Kier molecular flexibility index (Phi) is 5.10. The lowest BCUT2D eigenvalue weighted by Crippen LogP contribution is -2.48. The normalized spacial score (nSPS) is 17.6. The van der Waals surface area contributed by atoms with E-state index in [0.717, 1.165) is 38.3 Å². The van der Waals surface area contributed by atoms with Crippen LogP contribution < -0.4 is 5.73 Å². The first-order valence-electron chi connectivity index (χ1n) is 6.21. The Labute approximate surface area is 123 Å². The van der Waals surface area contributed by atoms with E-state index in [9.17, 15) is 4.39 Å². The van der Waals surface area contributed by atoms with Gasteiger partial charge in [-0.2, -0.15) is 0 Å². The van der Waals surface area contributed by atoms with Crippen LogP contribution in [-0.2, 0) is 6.54 Å². The molecular formula is C13H17ClFN3S. The van der Waals surface area contributed by atoms with E-state index in [1.807, 2.05) is 0 Å². The minimum absolute atomic E-state index is 0.185. The third kappa shape index (κ3) is 4.38. The van der Waals surface area contributed by atoms with Crippen LogP contribution in [0.1, 0.15) is 5.56 Å². The van der Waals surface area contributed by atoms with E-state index in [1.165, 1.54) is 6.07 Å². The van der Waals surface area contributed by atoms with E-state index >= 15 is 0 Å². The molecule has 1 fully saturated rings. The second-order valence-electron chi connectivity index (χ2n) is 4.77. The fraction of sp³-hybridized carbons (Fsp3) is 0.462. The summed E-state index contributed by atoms with van der Waals surface area (Å²) in [4.78, 5) is 5.11. The Morgan fingerprint density at radius 3 is 2.47 bits per heavy atom. The number of halogens is 2. The summed E-state index contributed by atoms with van der Waals surface area (Å²) in [6.07, 6.45) is 0. The number of thiocarbonyl (C=S) groups is 1. The molecule has 1 heterocycles. The van der Waals surface area contributed by atoms with Crippen LogP contribution in [0, 0.1) is 5.82 Å². The predicted molar refractivity (Wildman–Crippen MR) is 79.9 cm³/mol. The molecule has 0 aromatic heterocycles. The average molecular weight is 302 g/mol. The summed E-state index contributed by atoms with van der Waals surface area (Å²) in [5.41, 5.74) is 6.57. The van der Waals surface area contributed by atoms with Gasteiger partial charge in [0, 0.05) is 39.3 Å². The van der Waals surface area contributed by atoms with Crippen molar-refractivity contribution in [1.82, 2.24) is 9.80 Å². The van der Waals surface area contributed by atoms with Gasteiger partial charge in [-0.3, -0.25) is 9.80 Å². The third-order valence-electron chi connectivity index (χ3n) is 3.23. The first kappa shape index (κ1) is 14.7. The van der Waals surface area contributed by atoms with Crippen molar-refractivity contribution in [3.05, 3.63) is 34.6 Å². The largest absolute Gasteiger partial charge is 0.392 e. The van der Waals surface area contributed by atoms with E-state index in [1.54, 1.807) is 12.1 Å². The molecule has 19 heavy (non-hydrogen) atoms. The van der Waals surface area contributed by atoms with Crippen LogP contribution in [0.25, 0.3) is 0 Å². The summed E-state index contributed by atoms with van der Waals surface area (Å²) in [6.45, 7) is 5.29. The number of benzene rings is 1. The molecule has 0 bridgehead atoms. The molecule has 0 radical (unpaired) electrons. The predicted octanol–water partition coefficient (Wildman–Crippen LogP) is 1.88. The number of piperazine rings is 1. The van der Waals surface area contributed by atoms with Gasteiger partial charge in [0.1, 0.15) is 5.82 Å². The van der Waals surface area contributed by atoms with Gasteiger partial charge in [0.25, 0.3) is 0 Å². The molecule has 1 saturated heterocycles. The molecule has 3 nitrogen and oxygen atoms in total. The van der Waals surface area contributed by atoms with Crippen LogP contribution in [0.4, 0.5) is 4.39 Å². The SMILES string of the molecule is NC(=S)CN1CCN(Cc2ccc(F)c(Cl)c2)CC1. The van der Waals surface area contributed by atoms with Crippen LogP contribution in [0.5, 0.6) is 0 Å². The van der Waals surface area contributed by atoms with Crippen LogP contribution in [0.3, 0.4) is 0 Å². The number of nitrogens with zero attached hydrogens (tertiary/aromatic N) is 2. The minimum Gasteiger partial charge on any atom is -0.392 e. The van der Waals surface area contributed by atoms with Gasteiger partial charge < -0.3 is 5.73 Å². The highest BCUT2D eigenvalue weighted by Crippen LogP contribution is 2.17. The molecule has 1 aliphatic rings. The molecule has 6 heteroatoms. The fourth-order valence-electron chi connectivity index (χ4n) is 2.22. The standard InChI is InChI=1S/C13H17ClFN3S/c14-11-7-10(1-2-12(11)15)8-17-3-5-18(6-4-17)9-13(16)19/h1-2,7H,3-6,8-9H2,(H2,16,19). The van der Waals surface area contributed by atoms with Gasteiger partial charge in [-0.15, -0.1) is 0 Å². The van der Waals surface area contributed by atoms with Crippen molar-refractivity contribution in [3.63, 3.8) is 0 Å². The van der Waals surface area contributed by atoms with Crippen LogP contribution in [-0.4, -0.2) is 47.5 Å². The van der Waals surface area contributed by atoms with Crippen molar-refractivity contribution in [2.45, 2.75) is 6.54 Å². The van der Waals surface area contributed by atoms with Gasteiger partial charge in [-0.25, -0.2) is 4.39 Å². The Morgan fingerprint density at radius 2 is 1.89 bits per heavy atom. The topological polar surface area (TPSA) is 32.5 Å². The second-order valence-corrected chi connectivity index (χ2v) is 5.70. The molecule has 1 aromatic rings. The van der Waals surface area contributed by atoms with Crippen molar-refractivity contribution in [2.75, 3.05) is 32.7 Å². The van der Waals surface area contributed by atoms with Gasteiger partial charge >= 0.3 is 0 Å². The highest BCUT2D eigenvalue weighted by molar-refractivity contribution is 7.80. The summed E-state index contributed by atoms with van der Waals surface area (Å²) in [5.74, 6) is -0.369. The fourth-order valence-corrected chi connectivity index (χ4v) is 2.61. The summed E-state index contributed by atoms with van der Waals surface area (Å²) < 4.78 is 13.1. The molecule has 1 aromatic carbocycles. The van der Waals surface area contributed by atoms with E-state index in [-0.39, 0.29) is 10.8 Å². The quantitative estimate of drug-likeness (QED) is 0.861. The maximum absolute atomic E-state index is 13.1. The molecule has 0 saturated carbocycles. The zero-order chi connectivity index (χ0) is 13.8. The first-order chi connectivity index (χ1) is 9.04. The van der Waals surface area contributed by atoms with Crippen molar-refractivity contribution in [1.29, 1.82) is 0 Å².